The van der Waals surface area contributed by atoms with Crippen molar-refractivity contribution in [2.24, 2.45) is 29.4 Å². The predicted octanol–water partition coefficient (Wildman–Crippen LogP) is 2.96. The maximum Gasteiger partial charge on any atom is 0.308 e. The highest BCUT2D eigenvalue weighted by Crippen LogP contribution is 2.17. The summed E-state index contributed by atoms with van der Waals surface area (Å²) in [4.78, 5) is 61.0. The van der Waals surface area contributed by atoms with Crippen molar-refractivity contribution in [3.63, 3.8) is 0 Å². The van der Waals surface area contributed by atoms with Crippen LogP contribution in [0, 0.1) is 23.7 Å². The van der Waals surface area contributed by atoms with Crippen LogP contribution in [-0.4, -0.2) is 35.5 Å². The van der Waals surface area contributed by atoms with Crippen LogP contribution in [-0.2, 0) is 35.3 Å². The van der Waals surface area contributed by atoms with E-state index in [1.807, 2.05) is 13.8 Å². The molecule has 0 saturated heterocycles. The first-order valence-electron chi connectivity index (χ1n) is 12.0. The molecule has 1 aromatic carbocycles. The smallest absolute Gasteiger partial charge is 0.308 e. The van der Waals surface area contributed by atoms with Gasteiger partial charge in [-0.3, -0.25) is 24.0 Å². The van der Waals surface area contributed by atoms with Crippen LogP contribution in [0.3, 0.4) is 0 Å². The molecule has 1 rings (SSSR count). The molecular weight excluding hydrogens is 450 g/mol. The molecule has 1 aromatic rings. The number of Topliss-reactive ketones (excluding diaryl/α,β-unsaturated/α-hetero) is 1. The minimum absolute atomic E-state index is 0.115. The largest absolute Gasteiger partial charge is 0.461 e. The first-order chi connectivity index (χ1) is 16.3. The molecule has 9 nitrogen and oxygen atoms in total. The third kappa shape index (κ3) is 11.2. The Labute approximate surface area is 207 Å². The molecule has 0 heterocycles. The van der Waals surface area contributed by atoms with Gasteiger partial charge in [0.2, 0.25) is 17.7 Å². The molecule has 0 fully saturated rings. The SMILES string of the molecule is CC(C)C[C@@H](C)C(=O)N[C@@H](C)C(=O)C[C@@H](CC(N)=O)C(=O)Nc1ccc(COC(=O)C(C)C)cc1. The maximum absolute atomic E-state index is 12.8. The summed E-state index contributed by atoms with van der Waals surface area (Å²) in [5.74, 6) is -3.22. The summed E-state index contributed by atoms with van der Waals surface area (Å²) in [6.07, 6.45) is 0.154. The Hall–Kier alpha value is -3.23. The standard InChI is InChI=1S/C26H39N3O6/c1-15(2)11-17(5)24(32)28-18(6)22(30)12-20(13-23(27)31)25(33)29-21-9-7-19(8-10-21)14-35-26(34)16(3)4/h7-10,15-18,20H,11-14H2,1-6H3,(H2,27,31)(H,28,32)(H,29,33)/t17-,18+,20+/m1/s1. The van der Waals surface area contributed by atoms with Gasteiger partial charge in [0.1, 0.15) is 6.61 Å². The first-order valence-corrected chi connectivity index (χ1v) is 12.0. The van der Waals surface area contributed by atoms with Gasteiger partial charge in [-0.2, -0.15) is 0 Å². The van der Waals surface area contributed by atoms with Gasteiger partial charge in [0.05, 0.1) is 17.9 Å². The molecule has 35 heavy (non-hydrogen) atoms. The number of primary amides is 1. The summed E-state index contributed by atoms with van der Waals surface area (Å²) >= 11 is 0. The van der Waals surface area contributed by atoms with E-state index in [1.54, 1.807) is 52.0 Å². The Morgan fingerprint density at radius 1 is 0.886 bits per heavy atom. The molecule has 3 atom stereocenters. The van der Waals surface area contributed by atoms with Crippen molar-refractivity contribution in [2.75, 3.05) is 5.32 Å². The van der Waals surface area contributed by atoms with E-state index in [-0.39, 0.29) is 48.9 Å². The van der Waals surface area contributed by atoms with Gasteiger partial charge in [0.15, 0.2) is 5.78 Å². The Morgan fingerprint density at radius 3 is 2.00 bits per heavy atom. The third-order valence-corrected chi connectivity index (χ3v) is 5.45. The summed E-state index contributed by atoms with van der Waals surface area (Å²) in [7, 11) is 0. The van der Waals surface area contributed by atoms with Gasteiger partial charge in [0, 0.05) is 24.4 Å². The van der Waals surface area contributed by atoms with E-state index in [9.17, 15) is 24.0 Å². The zero-order valence-corrected chi connectivity index (χ0v) is 21.6. The number of benzene rings is 1. The number of ether oxygens (including phenoxy) is 1. The lowest BCUT2D eigenvalue weighted by Gasteiger charge is -2.20. The Morgan fingerprint density at radius 2 is 1.49 bits per heavy atom. The lowest BCUT2D eigenvalue weighted by Crippen LogP contribution is -2.43. The fourth-order valence-electron chi connectivity index (χ4n) is 3.42. The minimum atomic E-state index is -0.973. The molecule has 3 amide bonds. The van der Waals surface area contributed by atoms with Crippen LogP contribution in [0.2, 0.25) is 0 Å². The molecule has 0 aliphatic carbocycles. The highest BCUT2D eigenvalue weighted by atomic mass is 16.5. The van der Waals surface area contributed by atoms with Crippen molar-refractivity contribution in [1.29, 1.82) is 0 Å². The van der Waals surface area contributed by atoms with Crippen LogP contribution in [0.5, 0.6) is 0 Å². The predicted molar refractivity (Wildman–Crippen MR) is 133 cm³/mol. The fraction of sp³-hybridized carbons (Fsp3) is 0.577. The average molecular weight is 490 g/mol. The quantitative estimate of drug-likeness (QED) is 0.343. The third-order valence-electron chi connectivity index (χ3n) is 5.45. The number of hydrogen-bond donors (Lipinski definition) is 3. The summed E-state index contributed by atoms with van der Waals surface area (Å²) in [5.41, 5.74) is 6.51. The van der Waals surface area contributed by atoms with Crippen molar-refractivity contribution < 1.29 is 28.7 Å². The number of hydrogen-bond acceptors (Lipinski definition) is 6. The normalized spacial score (nSPS) is 13.6. The maximum atomic E-state index is 12.8. The number of rotatable bonds is 14. The van der Waals surface area contributed by atoms with Crippen LogP contribution < -0.4 is 16.4 Å². The Bertz CT molecular complexity index is 895. The molecule has 0 unspecified atom stereocenters. The Balaban J connectivity index is 2.74. The van der Waals surface area contributed by atoms with Crippen molar-refractivity contribution in [2.45, 2.75) is 73.5 Å². The molecule has 0 saturated carbocycles. The molecular formula is C26H39N3O6. The molecule has 0 aliphatic heterocycles. The van der Waals surface area contributed by atoms with Crippen LogP contribution in [0.25, 0.3) is 0 Å². The van der Waals surface area contributed by atoms with E-state index in [2.05, 4.69) is 10.6 Å². The zero-order valence-electron chi connectivity index (χ0n) is 21.6. The molecule has 194 valence electrons. The van der Waals surface area contributed by atoms with Crippen molar-refractivity contribution in [1.82, 2.24) is 5.32 Å². The average Bonchev–Trinajstić information content (AvgIpc) is 2.76. The number of esters is 1. The number of ketones is 1. The van der Waals surface area contributed by atoms with E-state index < -0.39 is 23.8 Å². The van der Waals surface area contributed by atoms with Crippen molar-refractivity contribution in [3.8, 4) is 0 Å². The number of carbonyl (C=O) groups excluding carboxylic acids is 5. The van der Waals surface area contributed by atoms with Gasteiger partial charge in [-0.15, -0.1) is 0 Å². The van der Waals surface area contributed by atoms with E-state index in [4.69, 9.17) is 10.5 Å². The number of carbonyl (C=O) groups is 5. The molecule has 0 aliphatic rings. The molecule has 0 aromatic heterocycles. The lowest BCUT2D eigenvalue weighted by atomic mass is 9.93. The van der Waals surface area contributed by atoms with Crippen LogP contribution in [0.4, 0.5) is 5.69 Å². The summed E-state index contributed by atoms with van der Waals surface area (Å²) in [6, 6.07) is 5.88. The van der Waals surface area contributed by atoms with Crippen LogP contribution in [0.1, 0.15) is 66.4 Å². The van der Waals surface area contributed by atoms with Gasteiger partial charge in [-0.1, -0.05) is 46.8 Å². The number of amides is 3. The Kier molecular flexibility index (Phi) is 12.1. The highest BCUT2D eigenvalue weighted by Gasteiger charge is 2.28. The second-order valence-corrected chi connectivity index (χ2v) is 9.75. The highest BCUT2D eigenvalue weighted by molar-refractivity contribution is 5.99. The van der Waals surface area contributed by atoms with Crippen molar-refractivity contribution in [3.05, 3.63) is 29.8 Å². The van der Waals surface area contributed by atoms with Gasteiger partial charge < -0.3 is 21.1 Å². The summed E-state index contributed by atoms with van der Waals surface area (Å²) < 4.78 is 5.17. The van der Waals surface area contributed by atoms with E-state index >= 15 is 0 Å². The van der Waals surface area contributed by atoms with Gasteiger partial charge >= 0.3 is 5.97 Å². The monoisotopic (exact) mass is 489 g/mol. The molecule has 9 heteroatoms. The molecule has 0 radical (unpaired) electrons. The first kappa shape index (κ1) is 29.8. The zero-order chi connectivity index (χ0) is 26.7. The molecule has 0 bridgehead atoms. The van der Waals surface area contributed by atoms with Gasteiger partial charge in [-0.05, 0) is 37.0 Å². The summed E-state index contributed by atoms with van der Waals surface area (Å²) in [5, 5.41) is 5.38. The van der Waals surface area contributed by atoms with E-state index in [1.165, 1.54) is 0 Å². The second kappa shape index (κ2) is 14.2. The van der Waals surface area contributed by atoms with E-state index in [0.717, 1.165) is 5.56 Å². The van der Waals surface area contributed by atoms with Gasteiger partial charge in [0.25, 0.3) is 0 Å². The second-order valence-electron chi connectivity index (χ2n) is 9.75. The van der Waals surface area contributed by atoms with Crippen LogP contribution >= 0.6 is 0 Å². The minimum Gasteiger partial charge on any atom is -0.461 e. The number of anilines is 1. The molecule has 4 N–H and O–H groups in total. The number of nitrogens with one attached hydrogen (secondary N) is 2. The summed E-state index contributed by atoms with van der Waals surface area (Å²) in [6.45, 7) is 11.0. The number of nitrogens with two attached hydrogens (primary N) is 1. The lowest BCUT2D eigenvalue weighted by molar-refractivity contribution is -0.148. The van der Waals surface area contributed by atoms with Gasteiger partial charge in [-0.25, -0.2) is 0 Å². The fourth-order valence-corrected chi connectivity index (χ4v) is 3.42. The molecule has 0 spiro atoms. The van der Waals surface area contributed by atoms with Crippen LogP contribution in [0.15, 0.2) is 24.3 Å². The van der Waals surface area contributed by atoms with E-state index in [0.29, 0.717) is 18.0 Å². The topological polar surface area (TPSA) is 145 Å². The van der Waals surface area contributed by atoms with Crippen molar-refractivity contribution >= 4 is 35.2 Å².